The number of hydrazine groups is 1. The Hall–Kier alpha value is -2.97. The molecule has 0 amide bonds. The minimum atomic E-state index is -2.43. The minimum absolute atomic E-state index is 0.183. The zero-order valence-corrected chi connectivity index (χ0v) is 9.92. The summed E-state index contributed by atoms with van der Waals surface area (Å²) in [6.07, 6.45) is 2.12. The summed E-state index contributed by atoms with van der Waals surface area (Å²) >= 11 is 0. The number of para-hydroxylation sites is 1. The molecule has 2 aliphatic rings. The van der Waals surface area contributed by atoms with Crippen molar-refractivity contribution in [3.05, 3.63) is 40.4 Å². The van der Waals surface area contributed by atoms with E-state index in [1.807, 2.05) is 0 Å². The molecule has 2 aliphatic heterocycles. The molecular formula is C11H7FN6O2. The van der Waals surface area contributed by atoms with Gasteiger partial charge in [0.2, 0.25) is 0 Å². The van der Waals surface area contributed by atoms with E-state index >= 15 is 0 Å². The van der Waals surface area contributed by atoms with Crippen molar-refractivity contribution in [2.75, 3.05) is 5.01 Å². The van der Waals surface area contributed by atoms with Gasteiger partial charge >= 0.3 is 5.92 Å². The number of nitro groups is 1. The standard InChI is InChI=1S/C11H7FN6O2/c12-11-9(6-13-7-14-11)15-10(16-11)17(18(19)20)8-4-2-1-3-5-8/h1-7H. The van der Waals surface area contributed by atoms with Gasteiger partial charge in [0, 0.05) is 0 Å². The first-order valence-electron chi connectivity index (χ1n) is 5.54. The van der Waals surface area contributed by atoms with Crippen LogP contribution >= 0.6 is 0 Å². The largest absolute Gasteiger partial charge is 0.344 e. The zero-order valence-electron chi connectivity index (χ0n) is 9.92. The Morgan fingerprint density at radius 2 is 2.05 bits per heavy atom. The van der Waals surface area contributed by atoms with Crippen LogP contribution in [-0.4, -0.2) is 35.2 Å². The molecule has 0 spiro atoms. The molecule has 1 atom stereocenters. The average molecular weight is 274 g/mol. The number of fused-ring (bicyclic) bond motifs is 1. The molecule has 0 aliphatic carbocycles. The molecule has 9 heteroatoms. The van der Waals surface area contributed by atoms with Crippen molar-refractivity contribution in [1.82, 2.24) is 0 Å². The summed E-state index contributed by atoms with van der Waals surface area (Å²) < 4.78 is 14.3. The van der Waals surface area contributed by atoms with E-state index in [4.69, 9.17) is 0 Å². The number of rotatable bonds is 2. The van der Waals surface area contributed by atoms with Gasteiger partial charge in [0.1, 0.15) is 17.7 Å². The summed E-state index contributed by atoms with van der Waals surface area (Å²) in [6.45, 7) is 0. The highest BCUT2D eigenvalue weighted by atomic mass is 19.1. The monoisotopic (exact) mass is 274 g/mol. The predicted octanol–water partition coefficient (Wildman–Crippen LogP) is 1.23. The van der Waals surface area contributed by atoms with Crippen LogP contribution in [-0.2, 0) is 0 Å². The van der Waals surface area contributed by atoms with Gasteiger partial charge in [-0.15, -0.1) is 0 Å². The molecule has 0 radical (unpaired) electrons. The van der Waals surface area contributed by atoms with E-state index in [9.17, 15) is 14.5 Å². The molecule has 0 saturated carbocycles. The van der Waals surface area contributed by atoms with Gasteiger partial charge in [-0.1, -0.05) is 18.2 Å². The van der Waals surface area contributed by atoms with Gasteiger partial charge in [0.05, 0.1) is 6.21 Å². The van der Waals surface area contributed by atoms with Crippen LogP contribution in [0.15, 0.2) is 50.3 Å². The Balaban J connectivity index is 2.05. The molecule has 2 heterocycles. The fourth-order valence-electron chi connectivity index (χ4n) is 1.76. The van der Waals surface area contributed by atoms with Crippen LogP contribution in [0.1, 0.15) is 0 Å². The SMILES string of the molecule is O=[N+]([O-])N(C1=NC2(F)N=CN=CC2=N1)c1ccccc1. The average Bonchev–Trinajstić information content (AvgIpc) is 2.76. The second kappa shape index (κ2) is 4.30. The predicted molar refractivity (Wildman–Crippen MR) is 71.6 cm³/mol. The van der Waals surface area contributed by atoms with E-state index in [1.165, 1.54) is 12.1 Å². The third kappa shape index (κ3) is 1.85. The van der Waals surface area contributed by atoms with Crippen molar-refractivity contribution in [3.8, 4) is 0 Å². The van der Waals surface area contributed by atoms with Gasteiger partial charge < -0.3 is 0 Å². The molecule has 1 unspecified atom stereocenters. The highest BCUT2D eigenvalue weighted by molar-refractivity contribution is 6.40. The quantitative estimate of drug-likeness (QED) is 0.461. The summed E-state index contributed by atoms with van der Waals surface area (Å²) in [5.41, 5.74) is 0.0292. The van der Waals surface area contributed by atoms with Gasteiger partial charge in [-0.3, -0.25) is 0 Å². The Kier molecular flexibility index (Phi) is 2.60. The van der Waals surface area contributed by atoms with Crippen molar-refractivity contribution in [3.63, 3.8) is 0 Å². The van der Waals surface area contributed by atoms with Crippen molar-refractivity contribution >= 4 is 29.9 Å². The van der Waals surface area contributed by atoms with Crippen LogP contribution in [0.3, 0.4) is 0 Å². The number of hydrogen-bond donors (Lipinski definition) is 0. The van der Waals surface area contributed by atoms with Crippen molar-refractivity contribution in [1.29, 1.82) is 0 Å². The van der Waals surface area contributed by atoms with Gasteiger partial charge in [-0.05, 0) is 17.1 Å². The summed E-state index contributed by atoms with van der Waals surface area (Å²) in [6, 6.07) is 7.93. The molecule has 100 valence electrons. The fraction of sp³-hybridized carbons (Fsp3) is 0.0909. The van der Waals surface area contributed by atoms with E-state index < -0.39 is 10.9 Å². The van der Waals surface area contributed by atoms with Crippen LogP contribution in [0.5, 0.6) is 0 Å². The number of hydrogen-bond acceptors (Lipinski definition) is 6. The topological polar surface area (TPSA) is 95.8 Å². The van der Waals surface area contributed by atoms with Crippen molar-refractivity contribution < 1.29 is 9.42 Å². The summed E-state index contributed by atoms with van der Waals surface area (Å²) in [5.74, 6) is -2.82. The highest BCUT2D eigenvalue weighted by Crippen LogP contribution is 2.27. The second-order valence-corrected chi connectivity index (χ2v) is 3.90. The lowest BCUT2D eigenvalue weighted by atomic mass is 10.3. The van der Waals surface area contributed by atoms with E-state index in [0.29, 0.717) is 5.01 Å². The number of guanidine groups is 1. The minimum Gasteiger partial charge on any atom is -0.243 e. The van der Waals surface area contributed by atoms with Gasteiger partial charge in [-0.25, -0.2) is 25.1 Å². The summed E-state index contributed by atoms with van der Waals surface area (Å²) in [4.78, 5) is 25.6. The summed E-state index contributed by atoms with van der Waals surface area (Å²) in [7, 11) is 0. The molecular weight excluding hydrogens is 267 g/mol. The van der Waals surface area contributed by atoms with E-state index in [1.54, 1.807) is 18.2 Å². The molecule has 20 heavy (non-hydrogen) atoms. The second-order valence-electron chi connectivity index (χ2n) is 3.90. The Morgan fingerprint density at radius 3 is 2.70 bits per heavy atom. The van der Waals surface area contributed by atoms with Gasteiger partial charge in [0.25, 0.3) is 5.96 Å². The lowest BCUT2D eigenvalue weighted by Gasteiger charge is -2.12. The fourth-order valence-corrected chi connectivity index (χ4v) is 1.76. The molecule has 0 bridgehead atoms. The number of nitrogens with zero attached hydrogens (tertiary/aromatic N) is 6. The van der Waals surface area contributed by atoms with Gasteiger partial charge in [0.15, 0.2) is 5.03 Å². The highest BCUT2D eigenvalue weighted by Gasteiger charge is 2.44. The van der Waals surface area contributed by atoms with Crippen LogP contribution in [0, 0.1) is 10.1 Å². The lowest BCUT2D eigenvalue weighted by Crippen LogP contribution is -2.35. The van der Waals surface area contributed by atoms with E-state index in [2.05, 4.69) is 20.0 Å². The van der Waals surface area contributed by atoms with Gasteiger partial charge in [-0.2, -0.15) is 9.38 Å². The van der Waals surface area contributed by atoms with Crippen LogP contribution in [0.25, 0.3) is 0 Å². The normalized spacial score (nSPS) is 23.1. The third-order valence-electron chi connectivity index (χ3n) is 2.64. The molecule has 0 N–H and O–H groups in total. The first-order chi connectivity index (χ1) is 9.60. The van der Waals surface area contributed by atoms with Crippen molar-refractivity contribution in [2.24, 2.45) is 20.0 Å². The molecule has 0 aromatic heterocycles. The number of anilines is 1. The Labute approximate surface area is 111 Å². The maximum atomic E-state index is 14.3. The Bertz CT molecular complexity index is 683. The molecule has 1 aromatic rings. The van der Waals surface area contributed by atoms with E-state index in [-0.39, 0.29) is 17.4 Å². The molecule has 3 rings (SSSR count). The number of alkyl halides is 1. The smallest absolute Gasteiger partial charge is 0.243 e. The maximum Gasteiger partial charge on any atom is 0.344 e. The number of halogens is 1. The van der Waals surface area contributed by atoms with E-state index in [0.717, 1.165) is 12.6 Å². The molecule has 0 fully saturated rings. The first-order valence-corrected chi connectivity index (χ1v) is 5.54. The zero-order chi connectivity index (χ0) is 14.2. The Morgan fingerprint density at radius 1 is 1.30 bits per heavy atom. The third-order valence-corrected chi connectivity index (χ3v) is 2.64. The maximum absolute atomic E-state index is 14.3. The first kappa shape index (κ1) is 12.1. The molecule has 1 aromatic carbocycles. The molecule has 0 saturated heterocycles. The molecule has 8 nitrogen and oxygen atoms in total. The van der Waals surface area contributed by atoms with Crippen LogP contribution in [0.2, 0.25) is 0 Å². The van der Waals surface area contributed by atoms with Crippen LogP contribution < -0.4 is 5.01 Å². The summed E-state index contributed by atoms with van der Waals surface area (Å²) in [5, 5.41) is 11.1. The lowest BCUT2D eigenvalue weighted by molar-refractivity contribution is -0.479. The van der Waals surface area contributed by atoms with Crippen molar-refractivity contribution in [2.45, 2.75) is 5.92 Å². The number of benzene rings is 1. The van der Waals surface area contributed by atoms with Crippen LogP contribution in [0.4, 0.5) is 10.1 Å². The number of aliphatic imine (C=N–C) groups is 4.